The number of nitrogens with zero attached hydrogens (tertiary/aromatic N) is 2. The average Bonchev–Trinajstić information content (AvgIpc) is 3.20. The average molecular weight is 344 g/mol. The maximum atomic E-state index is 12.8. The molecule has 2 aromatic rings. The summed E-state index contributed by atoms with van der Waals surface area (Å²) in [6.45, 7) is 1.41. The van der Waals surface area contributed by atoms with Gasteiger partial charge in [0.1, 0.15) is 0 Å². The number of ether oxygens (including phenoxy) is 1. The van der Waals surface area contributed by atoms with E-state index in [9.17, 15) is 9.59 Å². The Hall–Kier alpha value is -2.34. The fourth-order valence-corrected chi connectivity index (χ4v) is 3.42. The minimum Gasteiger partial charge on any atom is -0.481 e. The van der Waals surface area contributed by atoms with Crippen LogP contribution in [0.1, 0.15) is 24.8 Å². The first-order chi connectivity index (χ1) is 12.0. The predicted molar refractivity (Wildman–Crippen MR) is 94.4 cm³/mol. The number of carboxylic acids is 1. The highest BCUT2D eigenvalue weighted by atomic mass is 16.5. The van der Waals surface area contributed by atoms with Crippen LogP contribution < -0.4 is 0 Å². The second-order valence-electron chi connectivity index (χ2n) is 6.58. The van der Waals surface area contributed by atoms with Crippen molar-refractivity contribution in [3.05, 3.63) is 36.0 Å². The summed E-state index contributed by atoms with van der Waals surface area (Å²) >= 11 is 0. The van der Waals surface area contributed by atoms with Crippen LogP contribution in [0.25, 0.3) is 10.9 Å². The third-order valence-electron chi connectivity index (χ3n) is 4.72. The summed E-state index contributed by atoms with van der Waals surface area (Å²) < 4.78 is 7.63. The molecule has 3 rings (SSSR count). The van der Waals surface area contributed by atoms with Gasteiger partial charge >= 0.3 is 5.97 Å². The lowest BCUT2D eigenvalue weighted by atomic mass is 10.1. The van der Waals surface area contributed by atoms with Crippen LogP contribution >= 0.6 is 0 Å². The summed E-state index contributed by atoms with van der Waals surface area (Å²) in [5.74, 6) is -0.941. The zero-order chi connectivity index (χ0) is 17.8. The molecule has 1 N–H and O–H groups in total. The number of para-hydroxylation sites is 1. The summed E-state index contributed by atoms with van der Waals surface area (Å²) in [7, 11) is 1.96. The third-order valence-corrected chi connectivity index (χ3v) is 4.72. The second-order valence-corrected chi connectivity index (χ2v) is 6.58. The first-order valence-electron chi connectivity index (χ1n) is 8.68. The van der Waals surface area contributed by atoms with E-state index in [0.29, 0.717) is 6.54 Å². The Morgan fingerprint density at radius 1 is 1.36 bits per heavy atom. The van der Waals surface area contributed by atoms with Crippen molar-refractivity contribution in [2.45, 2.75) is 31.8 Å². The van der Waals surface area contributed by atoms with Gasteiger partial charge in [-0.05, 0) is 24.5 Å². The van der Waals surface area contributed by atoms with Gasteiger partial charge in [0, 0.05) is 43.8 Å². The van der Waals surface area contributed by atoms with Crippen LogP contribution in [-0.2, 0) is 27.8 Å². The van der Waals surface area contributed by atoms with Crippen molar-refractivity contribution in [1.82, 2.24) is 9.47 Å². The third kappa shape index (κ3) is 4.20. The molecular weight excluding hydrogens is 320 g/mol. The molecule has 1 fully saturated rings. The van der Waals surface area contributed by atoms with E-state index in [0.717, 1.165) is 35.9 Å². The highest BCUT2D eigenvalue weighted by Gasteiger charge is 2.24. The van der Waals surface area contributed by atoms with E-state index in [1.165, 1.54) is 0 Å². The number of rotatable bonds is 7. The van der Waals surface area contributed by atoms with Crippen LogP contribution in [0.4, 0.5) is 0 Å². The van der Waals surface area contributed by atoms with E-state index in [4.69, 9.17) is 9.84 Å². The fraction of sp³-hybridized carbons (Fsp3) is 0.474. The van der Waals surface area contributed by atoms with Gasteiger partial charge in [-0.15, -0.1) is 0 Å². The molecule has 0 saturated carbocycles. The van der Waals surface area contributed by atoms with Crippen LogP contribution in [0.5, 0.6) is 0 Å². The molecular formula is C19H24N2O4. The molecule has 1 amide bonds. The first kappa shape index (κ1) is 17.5. The van der Waals surface area contributed by atoms with Gasteiger partial charge in [0.05, 0.1) is 18.9 Å². The molecule has 0 spiro atoms. The molecule has 1 aliphatic rings. The van der Waals surface area contributed by atoms with E-state index in [-0.39, 0.29) is 31.4 Å². The minimum absolute atomic E-state index is 0.0188. The molecule has 1 aliphatic heterocycles. The standard InChI is InChI=1S/C19H24N2O4/c1-20-12-14(16-6-2-3-7-17(16)20)11-18(22)21(9-8-19(23)24)13-15-5-4-10-25-15/h2-3,6-7,12,15H,4-5,8-11,13H2,1H3,(H,23,24)/t15-/m0/s1. The highest BCUT2D eigenvalue weighted by Crippen LogP contribution is 2.22. The molecule has 1 aromatic heterocycles. The number of aromatic nitrogens is 1. The molecule has 25 heavy (non-hydrogen) atoms. The van der Waals surface area contributed by atoms with Crippen LogP contribution in [-0.4, -0.2) is 52.3 Å². The van der Waals surface area contributed by atoms with Gasteiger partial charge < -0.3 is 19.3 Å². The normalized spacial score (nSPS) is 17.1. The van der Waals surface area contributed by atoms with E-state index in [2.05, 4.69) is 0 Å². The number of aliphatic carboxylic acids is 1. The van der Waals surface area contributed by atoms with Crippen LogP contribution in [0.2, 0.25) is 0 Å². The van der Waals surface area contributed by atoms with Crippen molar-refractivity contribution in [2.75, 3.05) is 19.7 Å². The summed E-state index contributed by atoms with van der Waals surface area (Å²) in [6.07, 6.45) is 4.14. The Morgan fingerprint density at radius 3 is 2.88 bits per heavy atom. The number of carbonyl (C=O) groups excluding carboxylic acids is 1. The Balaban J connectivity index is 1.74. The SMILES string of the molecule is Cn1cc(CC(=O)N(CCC(=O)O)C[C@@H]2CCCO2)c2ccccc21. The molecule has 6 nitrogen and oxygen atoms in total. The summed E-state index contributed by atoms with van der Waals surface area (Å²) in [5.41, 5.74) is 2.05. The van der Waals surface area contributed by atoms with E-state index in [1.807, 2.05) is 42.1 Å². The van der Waals surface area contributed by atoms with E-state index in [1.54, 1.807) is 4.90 Å². The molecule has 6 heteroatoms. The number of fused-ring (bicyclic) bond motifs is 1. The fourth-order valence-electron chi connectivity index (χ4n) is 3.42. The molecule has 0 aliphatic carbocycles. The van der Waals surface area contributed by atoms with Crippen molar-refractivity contribution in [3.63, 3.8) is 0 Å². The number of aryl methyl sites for hydroxylation is 1. The Morgan fingerprint density at radius 2 is 2.16 bits per heavy atom. The number of carboxylic acid groups (broad SMARTS) is 1. The number of hydrogen-bond donors (Lipinski definition) is 1. The smallest absolute Gasteiger partial charge is 0.305 e. The first-order valence-corrected chi connectivity index (χ1v) is 8.68. The maximum Gasteiger partial charge on any atom is 0.305 e. The van der Waals surface area contributed by atoms with Gasteiger partial charge in [-0.1, -0.05) is 18.2 Å². The summed E-state index contributed by atoms with van der Waals surface area (Å²) in [4.78, 5) is 25.4. The van der Waals surface area contributed by atoms with Gasteiger partial charge in [-0.2, -0.15) is 0 Å². The van der Waals surface area contributed by atoms with Crippen LogP contribution in [0.3, 0.4) is 0 Å². The Labute approximate surface area is 147 Å². The van der Waals surface area contributed by atoms with E-state index >= 15 is 0 Å². The largest absolute Gasteiger partial charge is 0.481 e. The number of carbonyl (C=O) groups is 2. The molecule has 0 radical (unpaired) electrons. The van der Waals surface area contributed by atoms with Gasteiger partial charge in [0.15, 0.2) is 0 Å². The van der Waals surface area contributed by atoms with E-state index < -0.39 is 5.97 Å². The zero-order valence-corrected chi connectivity index (χ0v) is 14.5. The monoisotopic (exact) mass is 344 g/mol. The zero-order valence-electron chi connectivity index (χ0n) is 14.5. The topological polar surface area (TPSA) is 71.8 Å². The van der Waals surface area contributed by atoms with Gasteiger partial charge in [-0.3, -0.25) is 9.59 Å². The number of amides is 1. The lowest BCUT2D eigenvalue weighted by molar-refractivity contribution is -0.139. The number of benzene rings is 1. The second kappa shape index (κ2) is 7.70. The van der Waals surface area contributed by atoms with Crippen LogP contribution in [0.15, 0.2) is 30.5 Å². The quantitative estimate of drug-likeness (QED) is 0.836. The van der Waals surface area contributed by atoms with Crippen molar-refractivity contribution in [3.8, 4) is 0 Å². The Kier molecular flexibility index (Phi) is 5.38. The molecule has 0 bridgehead atoms. The molecule has 2 heterocycles. The Bertz CT molecular complexity index is 762. The predicted octanol–water partition coefficient (Wildman–Crippen LogP) is 2.20. The minimum atomic E-state index is -0.893. The molecule has 1 atom stereocenters. The maximum absolute atomic E-state index is 12.8. The van der Waals surface area contributed by atoms with Gasteiger partial charge in [0.2, 0.25) is 5.91 Å². The molecule has 1 saturated heterocycles. The lowest BCUT2D eigenvalue weighted by Crippen LogP contribution is -2.39. The lowest BCUT2D eigenvalue weighted by Gasteiger charge is -2.25. The van der Waals surface area contributed by atoms with Gasteiger partial charge in [-0.25, -0.2) is 0 Å². The van der Waals surface area contributed by atoms with Crippen molar-refractivity contribution in [1.29, 1.82) is 0 Å². The number of hydrogen-bond acceptors (Lipinski definition) is 3. The van der Waals surface area contributed by atoms with Crippen LogP contribution in [0, 0.1) is 0 Å². The highest BCUT2D eigenvalue weighted by molar-refractivity contribution is 5.89. The molecule has 1 aromatic carbocycles. The summed E-state index contributed by atoms with van der Waals surface area (Å²) in [6, 6.07) is 7.98. The molecule has 134 valence electrons. The summed E-state index contributed by atoms with van der Waals surface area (Å²) in [5, 5.41) is 10.0. The van der Waals surface area contributed by atoms with Crippen molar-refractivity contribution < 1.29 is 19.4 Å². The van der Waals surface area contributed by atoms with Crippen molar-refractivity contribution >= 4 is 22.8 Å². The van der Waals surface area contributed by atoms with Gasteiger partial charge in [0.25, 0.3) is 0 Å². The van der Waals surface area contributed by atoms with Crippen molar-refractivity contribution in [2.24, 2.45) is 7.05 Å². The molecule has 0 unspecified atom stereocenters.